The van der Waals surface area contributed by atoms with E-state index >= 15 is 0 Å². The molecule has 0 spiro atoms. The third-order valence-corrected chi connectivity index (χ3v) is 4.33. The highest BCUT2D eigenvalue weighted by Gasteiger charge is 2.19. The van der Waals surface area contributed by atoms with Crippen LogP contribution in [0.25, 0.3) is 0 Å². The quantitative estimate of drug-likeness (QED) is 0.353. The Bertz CT molecular complexity index is 468. The third-order valence-electron chi connectivity index (χ3n) is 4.33. The molecule has 0 radical (unpaired) electrons. The number of piperidine rings is 1. The molecule has 0 aromatic carbocycles. The summed E-state index contributed by atoms with van der Waals surface area (Å²) in [5.74, 6) is 2.53. The van der Waals surface area contributed by atoms with Gasteiger partial charge in [0.05, 0.1) is 6.26 Å². The Labute approximate surface area is 170 Å². The summed E-state index contributed by atoms with van der Waals surface area (Å²) in [5.41, 5.74) is 0. The molecule has 25 heavy (non-hydrogen) atoms. The van der Waals surface area contributed by atoms with Crippen molar-refractivity contribution >= 4 is 29.9 Å². The first-order valence-electron chi connectivity index (χ1n) is 9.47. The van der Waals surface area contributed by atoms with Gasteiger partial charge in [-0.2, -0.15) is 0 Å². The summed E-state index contributed by atoms with van der Waals surface area (Å²) in [6, 6.07) is 4.48. The van der Waals surface area contributed by atoms with Gasteiger partial charge in [0.25, 0.3) is 0 Å². The van der Waals surface area contributed by atoms with E-state index in [0.717, 1.165) is 31.2 Å². The molecule has 0 atom stereocenters. The fourth-order valence-electron chi connectivity index (χ4n) is 3.00. The first kappa shape index (κ1) is 22.3. The number of furan rings is 1. The van der Waals surface area contributed by atoms with Crippen molar-refractivity contribution in [2.45, 2.75) is 52.5 Å². The maximum Gasteiger partial charge on any atom is 0.191 e. The van der Waals surface area contributed by atoms with E-state index in [9.17, 15) is 0 Å². The summed E-state index contributed by atoms with van der Waals surface area (Å²) in [7, 11) is 0. The molecule has 0 unspecified atom stereocenters. The van der Waals surface area contributed by atoms with E-state index in [0.29, 0.717) is 12.0 Å². The van der Waals surface area contributed by atoms with Gasteiger partial charge in [-0.25, -0.2) is 0 Å². The Morgan fingerprint density at radius 3 is 2.72 bits per heavy atom. The zero-order valence-corrected chi connectivity index (χ0v) is 18.3. The lowest BCUT2D eigenvalue weighted by Gasteiger charge is -2.33. The number of guanidine groups is 1. The second-order valence-electron chi connectivity index (χ2n) is 7.10. The molecule has 0 amide bonds. The van der Waals surface area contributed by atoms with E-state index < -0.39 is 0 Å². The summed E-state index contributed by atoms with van der Waals surface area (Å²) in [6.45, 7) is 12.0. The molecule has 2 rings (SSSR count). The third kappa shape index (κ3) is 8.94. The van der Waals surface area contributed by atoms with Gasteiger partial charge in [-0.05, 0) is 43.9 Å². The first-order valence-corrected chi connectivity index (χ1v) is 9.47. The van der Waals surface area contributed by atoms with Crippen LogP contribution < -0.4 is 10.6 Å². The molecule has 0 aliphatic carbocycles. The van der Waals surface area contributed by atoms with E-state index in [-0.39, 0.29) is 24.0 Å². The van der Waals surface area contributed by atoms with Gasteiger partial charge in [-0.1, -0.05) is 20.8 Å². The maximum atomic E-state index is 5.39. The molecule has 1 aliphatic rings. The smallest absolute Gasteiger partial charge is 0.191 e. The predicted octanol–water partition coefficient (Wildman–Crippen LogP) is 3.51. The van der Waals surface area contributed by atoms with Gasteiger partial charge in [0.15, 0.2) is 5.96 Å². The van der Waals surface area contributed by atoms with Crippen molar-refractivity contribution in [3.05, 3.63) is 24.2 Å². The summed E-state index contributed by atoms with van der Waals surface area (Å²) in [6.07, 6.45) is 6.24. The van der Waals surface area contributed by atoms with E-state index in [2.05, 4.69) is 36.3 Å². The van der Waals surface area contributed by atoms with E-state index in [1.807, 2.05) is 12.1 Å². The van der Waals surface area contributed by atoms with Crippen molar-refractivity contribution in [3.63, 3.8) is 0 Å². The molecule has 2 heterocycles. The van der Waals surface area contributed by atoms with Crippen LogP contribution in [0.15, 0.2) is 27.8 Å². The van der Waals surface area contributed by atoms with E-state index in [1.165, 1.54) is 38.9 Å². The number of likely N-dealkylation sites (tertiary alicyclic amines) is 1. The van der Waals surface area contributed by atoms with Crippen LogP contribution in [0.1, 0.15) is 45.8 Å². The van der Waals surface area contributed by atoms with Gasteiger partial charge in [0.1, 0.15) is 5.76 Å². The minimum atomic E-state index is 0. The number of nitrogens with one attached hydrogen (secondary N) is 2. The van der Waals surface area contributed by atoms with Gasteiger partial charge >= 0.3 is 0 Å². The van der Waals surface area contributed by atoms with Crippen LogP contribution in [0.3, 0.4) is 0 Å². The van der Waals surface area contributed by atoms with Crippen molar-refractivity contribution < 1.29 is 4.42 Å². The van der Waals surface area contributed by atoms with Crippen LogP contribution >= 0.6 is 24.0 Å². The van der Waals surface area contributed by atoms with Crippen LogP contribution in [0, 0.1) is 5.92 Å². The Morgan fingerprint density at radius 1 is 1.36 bits per heavy atom. The van der Waals surface area contributed by atoms with Crippen molar-refractivity contribution in [2.75, 3.05) is 32.7 Å². The molecule has 0 bridgehead atoms. The van der Waals surface area contributed by atoms with Gasteiger partial charge in [0, 0.05) is 38.6 Å². The maximum absolute atomic E-state index is 5.39. The zero-order valence-electron chi connectivity index (χ0n) is 16.0. The van der Waals surface area contributed by atoms with Crippen molar-refractivity contribution in [3.8, 4) is 0 Å². The Kier molecular flexibility index (Phi) is 11.2. The number of hydrogen-bond acceptors (Lipinski definition) is 3. The molecule has 6 heteroatoms. The highest BCUT2D eigenvalue weighted by Crippen LogP contribution is 2.10. The van der Waals surface area contributed by atoms with E-state index in [4.69, 9.17) is 9.41 Å². The molecule has 5 nitrogen and oxygen atoms in total. The topological polar surface area (TPSA) is 52.8 Å². The highest BCUT2D eigenvalue weighted by molar-refractivity contribution is 14.0. The largest absolute Gasteiger partial charge is 0.469 e. The molecule has 1 saturated heterocycles. The van der Waals surface area contributed by atoms with Gasteiger partial charge in [-0.15, -0.1) is 24.0 Å². The van der Waals surface area contributed by atoms with Crippen LogP contribution in [0.5, 0.6) is 0 Å². The van der Waals surface area contributed by atoms with Crippen LogP contribution in [0.4, 0.5) is 0 Å². The summed E-state index contributed by atoms with van der Waals surface area (Å²) in [4.78, 5) is 7.30. The van der Waals surface area contributed by atoms with Gasteiger partial charge < -0.3 is 20.0 Å². The molecule has 1 aromatic heterocycles. The fourth-order valence-corrected chi connectivity index (χ4v) is 3.00. The van der Waals surface area contributed by atoms with Crippen molar-refractivity contribution in [1.29, 1.82) is 0 Å². The monoisotopic (exact) mass is 462 g/mol. The summed E-state index contributed by atoms with van der Waals surface area (Å²) < 4.78 is 5.39. The molecule has 2 N–H and O–H groups in total. The van der Waals surface area contributed by atoms with Crippen LogP contribution in [0.2, 0.25) is 0 Å². The minimum absolute atomic E-state index is 0. The normalized spacial score (nSPS) is 16.7. The van der Waals surface area contributed by atoms with Crippen LogP contribution in [-0.2, 0) is 6.42 Å². The average molecular weight is 462 g/mol. The van der Waals surface area contributed by atoms with Gasteiger partial charge in [-0.3, -0.25) is 4.99 Å². The lowest BCUT2D eigenvalue weighted by Crippen LogP contribution is -2.49. The number of rotatable bonds is 8. The lowest BCUT2D eigenvalue weighted by molar-refractivity contribution is 0.206. The molecular weight excluding hydrogens is 427 g/mol. The van der Waals surface area contributed by atoms with Crippen LogP contribution in [-0.4, -0.2) is 49.6 Å². The molecule has 1 aromatic rings. The fraction of sp³-hybridized carbons (Fsp3) is 0.737. The highest BCUT2D eigenvalue weighted by atomic mass is 127. The summed E-state index contributed by atoms with van der Waals surface area (Å²) in [5, 5.41) is 7.10. The second-order valence-corrected chi connectivity index (χ2v) is 7.10. The Balaban J connectivity index is 0.00000312. The lowest BCUT2D eigenvalue weighted by atomic mass is 10.1. The number of hydrogen-bond donors (Lipinski definition) is 2. The molecule has 1 aliphatic heterocycles. The molecule has 144 valence electrons. The first-order chi connectivity index (χ1) is 11.7. The average Bonchev–Trinajstić information content (AvgIpc) is 3.08. The summed E-state index contributed by atoms with van der Waals surface area (Å²) >= 11 is 0. The van der Waals surface area contributed by atoms with Crippen molar-refractivity contribution in [2.24, 2.45) is 10.9 Å². The molecular formula is C19H35IN4O. The van der Waals surface area contributed by atoms with Crippen molar-refractivity contribution in [1.82, 2.24) is 15.5 Å². The van der Waals surface area contributed by atoms with Gasteiger partial charge in [0.2, 0.25) is 0 Å². The predicted molar refractivity (Wildman–Crippen MR) is 116 cm³/mol. The Morgan fingerprint density at radius 2 is 2.12 bits per heavy atom. The minimum Gasteiger partial charge on any atom is -0.469 e. The molecule has 0 saturated carbocycles. The number of halogens is 1. The standard InChI is InChI=1S/C19H34N4O.HI/c1-4-11-23-12-8-17(9-13-23)22-19(21-15-16(2)3)20-10-7-18-6-5-14-24-18;/h5-6,14,16-17H,4,7-13,15H2,1-3H3,(H2,20,21,22);1H. The van der Waals surface area contributed by atoms with E-state index in [1.54, 1.807) is 6.26 Å². The molecule has 1 fully saturated rings. The SMILES string of the molecule is CCCN1CCC(NC(=NCC(C)C)NCCc2ccco2)CC1.I. The number of aliphatic imine (C=N–C) groups is 1. The number of nitrogens with zero attached hydrogens (tertiary/aromatic N) is 2. The Hall–Kier alpha value is -0.760. The second kappa shape index (κ2) is 12.6. The zero-order chi connectivity index (χ0) is 17.2.